The molecule has 0 amide bonds. The molecular weight excluding hydrogens is 198 g/mol. The maximum Gasteiger partial charge on any atom is 0.0658 e. The minimum absolute atomic E-state index is 0.152. The van der Waals surface area contributed by atoms with Gasteiger partial charge < -0.3 is 10.4 Å². The van der Waals surface area contributed by atoms with Crippen molar-refractivity contribution in [3.63, 3.8) is 0 Å². The minimum Gasteiger partial charge on any atom is -0.394 e. The molecule has 0 fully saturated rings. The van der Waals surface area contributed by atoms with Gasteiger partial charge in [-0.1, -0.05) is 32.0 Å². The second kappa shape index (κ2) is 5.35. The number of hydrogen-bond acceptors (Lipinski definition) is 2. The first-order valence-corrected chi connectivity index (χ1v) is 5.91. The van der Waals surface area contributed by atoms with Crippen LogP contribution in [0.5, 0.6) is 0 Å². The van der Waals surface area contributed by atoms with Crippen LogP contribution in [-0.2, 0) is 0 Å². The largest absolute Gasteiger partial charge is 0.394 e. The fourth-order valence-corrected chi connectivity index (χ4v) is 2.09. The number of aryl methyl sites for hydroxylation is 1. The predicted molar refractivity (Wildman–Crippen MR) is 69.7 cm³/mol. The summed E-state index contributed by atoms with van der Waals surface area (Å²) in [5, 5.41) is 13.0. The van der Waals surface area contributed by atoms with Crippen LogP contribution in [0.2, 0.25) is 0 Å². The van der Waals surface area contributed by atoms with Crippen molar-refractivity contribution in [3.8, 4) is 0 Å². The molecule has 16 heavy (non-hydrogen) atoms. The number of aliphatic hydroxyl groups is 1. The summed E-state index contributed by atoms with van der Waals surface area (Å²) in [5.74, 6) is 0.564. The van der Waals surface area contributed by atoms with Gasteiger partial charge in [0.15, 0.2) is 0 Å². The van der Waals surface area contributed by atoms with Gasteiger partial charge in [0.1, 0.15) is 0 Å². The molecule has 0 radical (unpaired) electrons. The minimum atomic E-state index is -0.236. The summed E-state index contributed by atoms with van der Waals surface area (Å²) in [6, 6.07) is 8.18. The van der Waals surface area contributed by atoms with Gasteiger partial charge >= 0.3 is 0 Å². The molecule has 0 saturated carbocycles. The molecule has 0 spiro atoms. The summed E-state index contributed by atoms with van der Waals surface area (Å²) in [4.78, 5) is 0. The second-order valence-electron chi connectivity index (χ2n) is 5.26. The molecule has 2 heteroatoms. The van der Waals surface area contributed by atoms with Crippen LogP contribution in [0, 0.1) is 12.8 Å². The zero-order chi connectivity index (χ0) is 12.2. The molecule has 0 aliphatic carbocycles. The van der Waals surface area contributed by atoms with Crippen LogP contribution in [0.25, 0.3) is 0 Å². The van der Waals surface area contributed by atoms with Crippen LogP contribution in [0.15, 0.2) is 24.3 Å². The first kappa shape index (κ1) is 13.0. The van der Waals surface area contributed by atoms with E-state index in [1.165, 1.54) is 5.56 Å². The lowest BCUT2D eigenvalue weighted by Gasteiger charge is -2.32. The normalized spacial score (nSPS) is 14.9. The van der Waals surface area contributed by atoms with Crippen molar-refractivity contribution in [1.29, 1.82) is 0 Å². The van der Waals surface area contributed by atoms with E-state index in [2.05, 4.69) is 45.1 Å². The first-order valence-electron chi connectivity index (χ1n) is 5.91. The number of benzene rings is 1. The van der Waals surface area contributed by atoms with Crippen molar-refractivity contribution in [2.45, 2.75) is 39.7 Å². The van der Waals surface area contributed by atoms with Gasteiger partial charge in [0.2, 0.25) is 0 Å². The standard InChI is InChI=1S/C14H23NO/c1-11(2)9-14(4,10-16)15-13-8-6-5-7-12(13)3/h5-8,11,15-16H,9-10H2,1-4H3. The molecule has 0 bridgehead atoms. The van der Waals surface area contributed by atoms with Gasteiger partial charge in [0.05, 0.1) is 12.1 Å². The molecule has 2 nitrogen and oxygen atoms in total. The Morgan fingerprint density at radius 2 is 1.94 bits per heavy atom. The number of para-hydroxylation sites is 1. The number of nitrogens with one attached hydrogen (secondary N) is 1. The van der Waals surface area contributed by atoms with E-state index in [-0.39, 0.29) is 12.1 Å². The van der Waals surface area contributed by atoms with Crippen LogP contribution in [-0.4, -0.2) is 17.3 Å². The van der Waals surface area contributed by atoms with Gasteiger partial charge in [-0.2, -0.15) is 0 Å². The number of hydrogen-bond donors (Lipinski definition) is 2. The fraction of sp³-hybridized carbons (Fsp3) is 0.571. The molecule has 2 N–H and O–H groups in total. The van der Waals surface area contributed by atoms with Crippen LogP contribution in [0.3, 0.4) is 0 Å². The molecule has 0 aromatic heterocycles. The van der Waals surface area contributed by atoms with Gasteiger partial charge in [-0.25, -0.2) is 0 Å². The van der Waals surface area contributed by atoms with E-state index < -0.39 is 0 Å². The Labute approximate surface area is 98.7 Å². The molecule has 1 aromatic carbocycles. The lowest BCUT2D eigenvalue weighted by molar-refractivity contribution is 0.202. The number of rotatable bonds is 5. The average Bonchev–Trinajstić information content (AvgIpc) is 2.20. The number of aliphatic hydroxyl groups excluding tert-OH is 1. The summed E-state index contributed by atoms with van der Waals surface area (Å²) in [6.45, 7) is 8.65. The number of anilines is 1. The van der Waals surface area contributed by atoms with E-state index in [0.717, 1.165) is 12.1 Å². The van der Waals surface area contributed by atoms with E-state index in [0.29, 0.717) is 5.92 Å². The van der Waals surface area contributed by atoms with Crippen LogP contribution in [0.4, 0.5) is 5.69 Å². The summed E-state index contributed by atoms with van der Waals surface area (Å²) in [5.41, 5.74) is 2.09. The highest BCUT2D eigenvalue weighted by molar-refractivity contribution is 5.52. The Morgan fingerprint density at radius 1 is 1.31 bits per heavy atom. The third kappa shape index (κ3) is 3.53. The van der Waals surface area contributed by atoms with Crippen LogP contribution < -0.4 is 5.32 Å². The molecule has 1 aromatic rings. The quantitative estimate of drug-likeness (QED) is 0.800. The highest BCUT2D eigenvalue weighted by Crippen LogP contribution is 2.24. The van der Waals surface area contributed by atoms with Gasteiger partial charge in [-0.05, 0) is 37.8 Å². The lowest BCUT2D eigenvalue weighted by atomic mass is 9.91. The summed E-state index contributed by atoms with van der Waals surface area (Å²) in [7, 11) is 0. The van der Waals surface area contributed by atoms with E-state index in [4.69, 9.17) is 0 Å². The smallest absolute Gasteiger partial charge is 0.0658 e. The Bertz CT molecular complexity index is 335. The van der Waals surface area contributed by atoms with Crippen molar-refractivity contribution >= 4 is 5.69 Å². The fourth-order valence-electron chi connectivity index (χ4n) is 2.09. The molecular formula is C14H23NO. The average molecular weight is 221 g/mol. The highest BCUT2D eigenvalue weighted by Gasteiger charge is 2.24. The zero-order valence-corrected chi connectivity index (χ0v) is 10.7. The lowest BCUT2D eigenvalue weighted by Crippen LogP contribution is -2.40. The summed E-state index contributed by atoms with van der Waals surface area (Å²) >= 11 is 0. The van der Waals surface area contributed by atoms with E-state index in [1.54, 1.807) is 0 Å². The summed E-state index contributed by atoms with van der Waals surface area (Å²) in [6.07, 6.45) is 0.956. The van der Waals surface area contributed by atoms with Crippen LogP contribution in [0.1, 0.15) is 32.8 Å². The van der Waals surface area contributed by atoms with Crippen molar-refractivity contribution in [2.75, 3.05) is 11.9 Å². The van der Waals surface area contributed by atoms with Gasteiger partial charge in [-0.15, -0.1) is 0 Å². The monoisotopic (exact) mass is 221 g/mol. The first-order chi connectivity index (χ1) is 7.47. The molecule has 0 heterocycles. The Hall–Kier alpha value is -1.02. The van der Waals surface area contributed by atoms with E-state index in [1.807, 2.05) is 12.1 Å². The molecule has 1 atom stereocenters. The Morgan fingerprint density at radius 3 is 2.44 bits per heavy atom. The maximum atomic E-state index is 9.52. The van der Waals surface area contributed by atoms with Crippen molar-refractivity contribution < 1.29 is 5.11 Å². The molecule has 0 aliphatic heterocycles. The molecule has 0 saturated heterocycles. The third-order valence-electron chi connectivity index (χ3n) is 2.79. The van der Waals surface area contributed by atoms with Gasteiger partial charge in [0.25, 0.3) is 0 Å². The van der Waals surface area contributed by atoms with Crippen molar-refractivity contribution in [2.24, 2.45) is 5.92 Å². The summed E-state index contributed by atoms with van der Waals surface area (Å²) < 4.78 is 0. The van der Waals surface area contributed by atoms with Gasteiger partial charge in [-0.3, -0.25) is 0 Å². The van der Waals surface area contributed by atoms with Gasteiger partial charge in [0, 0.05) is 5.69 Å². The molecule has 1 rings (SSSR count). The highest BCUT2D eigenvalue weighted by atomic mass is 16.3. The SMILES string of the molecule is Cc1ccccc1NC(C)(CO)CC(C)C. The van der Waals surface area contributed by atoms with Crippen molar-refractivity contribution in [1.82, 2.24) is 0 Å². The predicted octanol–water partition coefficient (Wildman–Crippen LogP) is 3.20. The molecule has 1 unspecified atom stereocenters. The maximum absolute atomic E-state index is 9.52. The third-order valence-corrected chi connectivity index (χ3v) is 2.79. The Balaban J connectivity index is 2.81. The van der Waals surface area contributed by atoms with E-state index >= 15 is 0 Å². The van der Waals surface area contributed by atoms with Crippen molar-refractivity contribution in [3.05, 3.63) is 29.8 Å². The van der Waals surface area contributed by atoms with E-state index in [9.17, 15) is 5.11 Å². The van der Waals surface area contributed by atoms with Crippen LogP contribution >= 0.6 is 0 Å². The molecule has 90 valence electrons. The molecule has 0 aliphatic rings. The topological polar surface area (TPSA) is 32.3 Å². The zero-order valence-electron chi connectivity index (χ0n) is 10.7. The Kier molecular flexibility index (Phi) is 4.36. The second-order valence-corrected chi connectivity index (χ2v) is 5.26.